The second-order valence-electron chi connectivity index (χ2n) is 5.13. The van der Waals surface area contributed by atoms with Crippen molar-refractivity contribution in [2.75, 3.05) is 13.2 Å². The van der Waals surface area contributed by atoms with E-state index in [9.17, 15) is 9.90 Å². The van der Waals surface area contributed by atoms with Crippen molar-refractivity contribution in [2.24, 2.45) is 0 Å². The van der Waals surface area contributed by atoms with Crippen molar-refractivity contribution in [3.05, 3.63) is 27.7 Å². The van der Waals surface area contributed by atoms with Gasteiger partial charge < -0.3 is 9.84 Å². The van der Waals surface area contributed by atoms with Crippen LogP contribution in [0.15, 0.2) is 12.1 Å². The first kappa shape index (κ1) is 16.4. The van der Waals surface area contributed by atoms with Crippen molar-refractivity contribution < 1.29 is 14.6 Å². The molecule has 1 aromatic rings. The number of carbonyl (C=O) groups is 1. The molecule has 0 aromatic heterocycles. The molecular weight excluding hydrogens is 313 g/mol. The third kappa shape index (κ3) is 4.02. The maximum atomic E-state index is 12.0. The van der Waals surface area contributed by atoms with Crippen molar-refractivity contribution in [3.8, 4) is 5.75 Å². The molecule has 1 fully saturated rings. The minimum atomic E-state index is -0.268. The Hall–Kier alpha value is -0.970. The molecule has 1 aliphatic rings. The van der Waals surface area contributed by atoms with Crippen LogP contribution in [-0.2, 0) is 16.1 Å². The lowest BCUT2D eigenvalue weighted by molar-refractivity contribution is -0.151. The van der Waals surface area contributed by atoms with E-state index in [0.29, 0.717) is 23.7 Å². The van der Waals surface area contributed by atoms with Gasteiger partial charge >= 0.3 is 5.97 Å². The molecular formula is C15H19Cl2NO3. The molecule has 1 heterocycles. The molecule has 0 spiro atoms. The fourth-order valence-corrected chi connectivity index (χ4v) is 3.18. The van der Waals surface area contributed by atoms with Crippen molar-refractivity contribution in [1.29, 1.82) is 0 Å². The minimum Gasteiger partial charge on any atom is -0.506 e. The van der Waals surface area contributed by atoms with Crippen molar-refractivity contribution in [1.82, 2.24) is 4.90 Å². The summed E-state index contributed by atoms with van der Waals surface area (Å²) in [4.78, 5) is 14.1. The summed E-state index contributed by atoms with van der Waals surface area (Å²) >= 11 is 11.9. The Kier molecular flexibility index (Phi) is 5.73. The molecule has 1 N–H and O–H groups in total. The normalized spacial score (nSPS) is 19.5. The minimum absolute atomic E-state index is 0.0225. The predicted octanol–water partition coefficient (Wildman–Crippen LogP) is 3.62. The van der Waals surface area contributed by atoms with Crippen LogP contribution in [0.3, 0.4) is 0 Å². The number of benzene rings is 1. The van der Waals surface area contributed by atoms with Gasteiger partial charge in [0.2, 0.25) is 0 Å². The van der Waals surface area contributed by atoms with Gasteiger partial charge in [-0.2, -0.15) is 0 Å². The zero-order valence-corrected chi connectivity index (χ0v) is 13.5. The van der Waals surface area contributed by atoms with Crippen molar-refractivity contribution >= 4 is 29.2 Å². The Morgan fingerprint density at radius 3 is 2.90 bits per heavy atom. The average molecular weight is 332 g/mol. The largest absolute Gasteiger partial charge is 0.506 e. The van der Waals surface area contributed by atoms with Gasteiger partial charge in [0, 0.05) is 17.1 Å². The first-order valence-electron chi connectivity index (χ1n) is 7.10. The fourth-order valence-electron chi connectivity index (χ4n) is 2.64. The van der Waals surface area contributed by atoms with E-state index in [1.807, 2.05) is 4.90 Å². The molecule has 1 saturated heterocycles. The molecule has 1 atom stereocenters. The number of phenolic OH excluding ortho intramolecular Hbond substituents is 1. The zero-order chi connectivity index (χ0) is 15.4. The number of phenols is 1. The predicted molar refractivity (Wildman–Crippen MR) is 82.8 cm³/mol. The number of rotatable bonds is 4. The fraction of sp³-hybridized carbons (Fsp3) is 0.533. The van der Waals surface area contributed by atoms with Gasteiger partial charge in [-0.25, -0.2) is 0 Å². The molecule has 0 saturated carbocycles. The van der Waals surface area contributed by atoms with Gasteiger partial charge in [-0.1, -0.05) is 29.6 Å². The number of hydrogen-bond acceptors (Lipinski definition) is 4. The van der Waals surface area contributed by atoms with Crippen LogP contribution in [0.25, 0.3) is 0 Å². The summed E-state index contributed by atoms with van der Waals surface area (Å²) in [6, 6.07) is 2.91. The molecule has 1 aliphatic heterocycles. The van der Waals surface area contributed by atoms with E-state index in [1.165, 1.54) is 6.07 Å². The zero-order valence-electron chi connectivity index (χ0n) is 11.9. The monoisotopic (exact) mass is 331 g/mol. The van der Waals surface area contributed by atoms with Crippen molar-refractivity contribution in [2.45, 2.75) is 38.8 Å². The summed E-state index contributed by atoms with van der Waals surface area (Å²) in [7, 11) is 0. The Morgan fingerprint density at radius 1 is 1.43 bits per heavy atom. The highest BCUT2D eigenvalue weighted by Crippen LogP contribution is 2.33. The van der Waals surface area contributed by atoms with Crippen LogP contribution in [0.5, 0.6) is 5.75 Å². The third-order valence-corrected chi connectivity index (χ3v) is 4.16. The van der Waals surface area contributed by atoms with Crippen LogP contribution in [0.1, 0.15) is 31.7 Å². The molecule has 2 rings (SSSR count). The summed E-state index contributed by atoms with van der Waals surface area (Å²) < 4.78 is 5.13. The molecule has 1 unspecified atom stereocenters. The van der Waals surface area contributed by atoms with Gasteiger partial charge in [0.25, 0.3) is 0 Å². The number of carbonyl (C=O) groups excluding carboxylic acids is 1. The van der Waals surface area contributed by atoms with Crippen molar-refractivity contribution in [3.63, 3.8) is 0 Å². The molecule has 0 aliphatic carbocycles. The highest BCUT2D eigenvalue weighted by molar-refractivity contribution is 6.35. The number of ether oxygens (including phenoxy) is 1. The summed E-state index contributed by atoms with van der Waals surface area (Å²) in [5.41, 5.74) is 0.628. The van der Waals surface area contributed by atoms with Crippen LogP contribution in [-0.4, -0.2) is 35.2 Å². The molecule has 0 bridgehead atoms. The quantitative estimate of drug-likeness (QED) is 0.856. The maximum absolute atomic E-state index is 12.0. The summed E-state index contributed by atoms with van der Waals surface area (Å²) in [5.74, 6) is -0.181. The van der Waals surface area contributed by atoms with E-state index < -0.39 is 0 Å². The second kappa shape index (κ2) is 7.34. The average Bonchev–Trinajstić information content (AvgIpc) is 2.45. The lowest BCUT2D eigenvalue weighted by Gasteiger charge is -2.34. The van der Waals surface area contributed by atoms with Crippen LogP contribution < -0.4 is 0 Å². The topological polar surface area (TPSA) is 49.8 Å². The number of halogens is 2. The van der Waals surface area contributed by atoms with Crippen LogP contribution in [0.4, 0.5) is 0 Å². The number of nitrogens with zero attached hydrogens (tertiary/aromatic N) is 1. The van der Waals surface area contributed by atoms with Gasteiger partial charge in [0.05, 0.1) is 11.6 Å². The summed E-state index contributed by atoms with van der Waals surface area (Å²) in [5, 5.41) is 10.7. The van der Waals surface area contributed by atoms with Crippen LogP contribution >= 0.6 is 23.2 Å². The first-order valence-corrected chi connectivity index (χ1v) is 7.86. The Morgan fingerprint density at radius 2 is 2.19 bits per heavy atom. The lowest BCUT2D eigenvalue weighted by atomic mass is 10.0. The van der Waals surface area contributed by atoms with Gasteiger partial charge in [0.1, 0.15) is 11.8 Å². The highest BCUT2D eigenvalue weighted by Gasteiger charge is 2.30. The number of piperidine rings is 1. The third-order valence-electron chi connectivity index (χ3n) is 3.65. The van der Waals surface area contributed by atoms with E-state index in [4.69, 9.17) is 27.9 Å². The SMILES string of the molecule is CCOC(=O)C1CCCCN1Cc1cc(Cl)cc(Cl)c1O. The van der Waals surface area contributed by atoms with Gasteiger partial charge in [-0.05, 0) is 38.4 Å². The number of hydrogen-bond donors (Lipinski definition) is 1. The van der Waals surface area contributed by atoms with E-state index in [0.717, 1.165) is 25.8 Å². The van der Waals surface area contributed by atoms with E-state index >= 15 is 0 Å². The standard InChI is InChI=1S/C15H19Cl2NO3/c1-2-21-15(20)13-5-3-4-6-18(13)9-10-7-11(16)8-12(17)14(10)19/h7-8,13,19H,2-6,9H2,1H3. The Bertz CT molecular complexity index is 522. The molecule has 1 aromatic carbocycles. The van der Waals surface area contributed by atoms with Gasteiger partial charge in [-0.15, -0.1) is 0 Å². The maximum Gasteiger partial charge on any atom is 0.323 e. The molecule has 0 radical (unpaired) electrons. The van der Waals surface area contributed by atoms with E-state index in [-0.39, 0.29) is 22.8 Å². The molecule has 6 heteroatoms. The highest BCUT2D eigenvalue weighted by atomic mass is 35.5. The second-order valence-corrected chi connectivity index (χ2v) is 5.97. The molecule has 21 heavy (non-hydrogen) atoms. The molecule has 116 valence electrons. The molecule has 0 amide bonds. The Balaban J connectivity index is 2.17. The Labute approximate surface area is 134 Å². The van der Waals surface area contributed by atoms with Gasteiger partial charge in [-0.3, -0.25) is 9.69 Å². The van der Waals surface area contributed by atoms with E-state index in [2.05, 4.69) is 0 Å². The first-order chi connectivity index (χ1) is 10.0. The summed E-state index contributed by atoms with van der Waals surface area (Å²) in [6.45, 7) is 3.38. The lowest BCUT2D eigenvalue weighted by Crippen LogP contribution is -2.44. The number of likely N-dealkylation sites (tertiary alicyclic amines) is 1. The van der Waals surface area contributed by atoms with Crippen LogP contribution in [0, 0.1) is 0 Å². The number of aromatic hydroxyl groups is 1. The van der Waals surface area contributed by atoms with Crippen LogP contribution in [0.2, 0.25) is 10.0 Å². The summed E-state index contributed by atoms with van der Waals surface area (Å²) in [6.07, 6.45) is 2.79. The van der Waals surface area contributed by atoms with Gasteiger partial charge in [0.15, 0.2) is 0 Å². The molecule has 4 nitrogen and oxygen atoms in total. The van der Waals surface area contributed by atoms with E-state index in [1.54, 1.807) is 13.0 Å². The smallest absolute Gasteiger partial charge is 0.323 e. The number of esters is 1.